The van der Waals surface area contributed by atoms with Crippen molar-refractivity contribution in [2.24, 2.45) is 0 Å². The van der Waals surface area contributed by atoms with Crippen LogP contribution in [-0.2, 0) is 10.0 Å². The number of anilines is 1. The van der Waals surface area contributed by atoms with Crippen LogP contribution < -0.4 is 4.72 Å². The maximum absolute atomic E-state index is 13.5. The molecule has 2 aromatic rings. The Hall–Kier alpha value is -2.42. The lowest BCUT2D eigenvalue weighted by molar-refractivity contribution is 0.0693. The summed E-state index contributed by atoms with van der Waals surface area (Å²) in [6, 6.07) is 3.33. The van der Waals surface area contributed by atoms with Crippen molar-refractivity contribution in [2.45, 2.75) is 18.7 Å². The lowest BCUT2D eigenvalue weighted by Crippen LogP contribution is -2.17. The van der Waals surface area contributed by atoms with Crippen molar-refractivity contribution in [1.29, 1.82) is 0 Å². The summed E-state index contributed by atoms with van der Waals surface area (Å²) in [7, 11) is -4.08. The number of rotatable bonds is 4. The van der Waals surface area contributed by atoms with Gasteiger partial charge in [-0.15, -0.1) is 0 Å². The van der Waals surface area contributed by atoms with E-state index in [0.717, 1.165) is 6.07 Å². The predicted molar refractivity (Wildman–Crippen MR) is 72.2 cm³/mol. The SMILES string of the molecule is Cc1n[nH]c(C)c1S(=O)(=O)Nc1cccc(F)c1C(=O)O. The first-order chi connectivity index (χ1) is 9.74. The molecule has 9 heteroatoms. The molecule has 0 bridgehead atoms. The Bertz CT molecular complexity index is 794. The van der Waals surface area contributed by atoms with Crippen LogP contribution in [0.25, 0.3) is 0 Å². The highest BCUT2D eigenvalue weighted by Crippen LogP contribution is 2.24. The van der Waals surface area contributed by atoms with Crippen molar-refractivity contribution in [1.82, 2.24) is 10.2 Å². The quantitative estimate of drug-likeness (QED) is 0.794. The first-order valence-electron chi connectivity index (χ1n) is 5.80. The fourth-order valence-corrected chi connectivity index (χ4v) is 3.40. The summed E-state index contributed by atoms with van der Waals surface area (Å²) < 4.78 is 40.2. The Morgan fingerprint density at radius 2 is 2.05 bits per heavy atom. The molecule has 0 radical (unpaired) electrons. The maximum Gasteiger partial charge on any atom is 0.340 e. The number of carboxylic acid groups (broad SMARTS) is 1. The number of aromatic amines is 1. The van der Waals surface area contributed by atoms with E-state index in [9.17, 15) is 17.6 Å². The molecule has 0 spiro atoms. The average molecular weight is 313 g/mol. The Morgan fingerprint density at radius 1 is 1.38 bits per heavy atom. The van der Waals surface area contributed by atoms with Gasteiger partial charge >= 0.3 is 5.97 Å². The molecule has 0 saturated carbocycles. The molecule has 7 nitrogen and oxygen atoms in total. The van der Waals surface area contributed by atoms with E-state index < -0.39 is 27.4 Å². The van der Waals surface area contributed by atoms with Gasteiger partial charge in [0, 0.05) is 0 Å². The minimum atomic E-state index is -4.08. The third-order valence-electron chi connectivity index (χ3n) is 2.80. The summed E-state index contributed by atoms with van der Waals surface area (Å²) in [5.74, 6) is -2.59. The molecule has 0 aliphatic rings. The van der Waals surface area contributed by atoms with Gasteiger partial charge in [0.1, 0.15) is 16.3 Å². The molecule has 1 aromatic heterocycles. The minimum absolute atomic E-state index is 0.0944. The van der Waals surface area contributed by atoms with Gasteiger partial charge < -0.3 is 5.11 Å². The molecule has 0 fully saturated rings. The van der Waals surface area contributed by atoms with E-state index in [1.165, 1.54) is 26.0 Å². The molecular weight excluding hydrogens is 301 g/mol. The number of halogens is 1. The number of aromatic carboxylic acids is 1. The van der Waals surface area contributed by atoms with Crippen molar-refractivity contribution in [2.75, 3.05) is 4.72 Å². The molecule has 21 heavy (non-hydrogen) atoms. The van der Waals surface area contributed by atoms with Crippen LogP contribution in [0.2, 0.25) is 0 Å². The van der Waals surface area contributed by atoms with Gasteiger partial charge in [-0.25, -0.2) is 17.6 Å². The molecule has 1 heterocycles. The zero-order chi connectivity index (χ0) is 15.8. The van der Waals surface area contributed by atoms with Gasteiger partial charge in [0.25, 0.3) is 10.0 Å². The van der Waals surface area contributed by atoms with Crippen LogP contribution in [-0.4, -0.2) is 29.7 Å². The minimum Gasteiger partial charge on any atom is -0.478 e. The molecule has 0 saturated heterocycles. The van der Waals surface area contributed by atoms with Crippen LogP contribution in [0.4, 0.5) is 10.1 Å². The third-order valence-corrected chi connectivity index (χ3v) is 4.43. The second-order valence-electron chi connectivity index (χ2n) is 4.34. The highest BCUT2D eigenvalue weighted by atomic mass is 32.2. The van der Waals surface area contributed by atoms with Crippen molar-refractivity contribution in [3.05, 3.63) is 41.0 Å². The van der Waals surface area contributed by atoms with Crippen LogP contribution in [0.15, 0.2) is 23.1 Å². The van der Waals surface area contributed by atoms with Gasteiger partial charge in [0.05, 0.1) is 17.1 Å². The van der Waals surface area contributed by atoms with E-state index in [-0.39, 0.29) is 16.3 Å². The molecule has 3 N–H and O–H groups in total. The van der Waals surface area contributed by atoms with E-state index in [1.807, 2.05) is 0 Å². The van der Waals surface area contributed by atoms with Gasteiger partial charge in [-0.05, 0) is 26.0 Å². The lowest BCUT2D eigenvalue weighted by atomic mass is 10.2. The maximum atomic E-state index is 13.5. The second-order valence-corrected chi connectivity index (χ2v) is 5.96. The van der Waals surface area contributed by atoms with E-state index in [4.69, 9.17) is 5.11 Å². The predicted octanol–water partition coefficient (Wildman–Crippen LogP) is 1.66. The zero-order valence-corrected chi connectivity index (χ0v) is 12.0. The number of aryl methyl sites for hydroxylation is 2. The number of hydrogen-bond donors (Lipinski definition) is 3. The lowest BCUT2D eigenvalue weighted by Gasteiger charge is -2.11. The average Bonchev–Trinajstić information content (AvgIpc) is 2.68. The van der Waals surface area contributed by atoms with Crippen molar-refractivity contribution in [3.63, 3.8) is 0 Å². The number of nitrogens with one attached hydrogen (secondary N) is 2. The van der Waals surface area contributed by atoms with Crippen molar-refractivity contribution < 1.29 is 22.7 Å². The van der Waals surface area contributed by atoms with Gasteiger partial charge in [-0.3, -0.25) is 9.82 Å². The first kappa shape index (κ1) is 15.0. The van der Waals surface area contributed by atoms with Crippen molar-refractivity contribution >= 4 is 21.7 Å². The number of sulfonamides is 1. The summed E-state index contributed by atoms with van der Waals surface area (Å²) in [5.41, 5.74) is -0.552. The van der Waals surface area contributed by atoms with E-state index in [0.29, 0.717) is 5.69 Å². The highest BCUT2D eigenvalue weighted by Gasteiger charge is 2.25. The number of nitrogens with zero attached hydrogens (tertiary/aromatic N) is 1. The topological polar surface area (TPSA) is 112 Å². The molecule has 0 aliphatic heterocycles. The standard InChI is InChI=1S/C12H12FN3O4S/c1-6-11(7(2)15-14-6)21(19,20)16-9-5-3-4-8(13)10(9)12(17)18/h3-5,16H,1-2H3,(H,14,15)(H,17,18). The zero-order valence-electron chi connectivity index (χ0n) is 11.1. The van der Waals surface area contributed by atoms with Gasteiger partial charge in [-0.2, -0.15) is 5.10 Å². The molecule has 112 valence electrons. The molecule has 0 atom stereocenters. The van der Waals surface area contributed by atoms with E-state index >= 15 is 0 Å². The smallest absolute Gasteiger partial charge is 0.340 e. The van der Waals surface area contributed by atoms with Crippen LogP contribution in [0.1, 0.15) is 21.7 Å². The summed E-state index contributed by atoms with van der Waals surface area (Å²) in [5, 5.41) is 15.3. The van der Waals surface area contributed by atoms with Crippen LogP contribution in [0.3, 0.4) is 0 Å². The number of H-pyrrole nitrogens is 1. The normalized spacial score (nSPS) is 11.4. The summed E-state index contributed by atoms with van der Waals surface area (Å²) in [6.45, 7) is 3.00. The number of carboxylic acids is 1. The number of aromatic nitrogens is 2. The summed E-state index contributed by atoms with van der Waals surface area (Å²) >= 11 is 0. The van der Waals surface area contributed by atoms with Gasteiger partial charge in [-0.1, -0.05) is 6.07 Å². The Balaban J connectivity index is 2.53. The largest absolute Gasteiger partial charge is 0.478 e. The number of carbonyl (C=O) groups is 1. The van der Waals surface area contributed by atoms with Gasteiger partial charge in [0.2, 0.25) is 0 Å². The molecular formula is C12H12FN3O4S. The van der Waals surface area contributed by atoms with Crippen LogP contribution in [0, 0.1) is 19.7 Å². The number of benzene rings is 1. The van der Waals surface area contributed by atoms with Crippen molar-refractivity contribution in [3.8, 4) is 0 Å². The third kappa shape index (κ3) is 2.72. The van der Waals surface area contributed by atoms with E-state index in [2.05, 4.69) is 14.9 Å². The summed E-state index contributed by atoms with van der Waals surface area (Å²) in [4.78, 5) is 11.0. The molecule has 0 unspecified atom stereocenters. The Kier molecular flexibility index (Phi) is 3.69. The van der Waals surface area contributed by atoms with Crippen LogP contribution >= 0.6 is 0 Å². The first-order valence-corrected chi connectivity index (χ1v) is 7.28. The Morgan fingerprint density at radius 3 is 2.57 bits per heavy atom. The summed E-state index contributed by atoms with van der Waals surface area (Å²) in [6.07, 6.45) is 0. The van der Waals surface area contributed by atoms with E-state index in [1.54, 1.807) is 0 Å². The number of hydrogen-bond acceptors (Lipinski definition) is 4. The fraction of sp³-hybridized carbons (Fsp3) is 0.167. The molecule has 0 aliphatic carbocycles. The van der Waals surface area contributed by atoms with Crippen LogP contribution in [0.5, 0.6) is 0 Å². The monoisotopic (exact) mass is 313 g/mol. The Labute approximate surface area is 119 Å². The second kappa shape index (κ2) is 5.17. The fourth-order valence-electron chi connectivity index (χ4n) is 1.96. The highest BCUT2D eigenvalue weighted by molar-refractivity contribution is 7.92. The van der Waals surface area contributed by atoms with Gasteiger partial charge in [0.15, 0.2) is 0 Å². The molecule has 2 rings (SSSR count). The molecule has 0 amide bonds. The molecule has 1 aromatic carbocycles.